The number of nitrogens with zero attached hydrogens (tertiary/aromatic N) is 1. The summed E-state index contributed by atoms with van der Waals surface area (Å²) in [5, 5.41) is 3.09. The van der Waals surface area contributed by atoms with Gasteiger partial charge in [-0.1, -0.05) is 37.3 Å². The Kier molecular flexibility index (Phi) is 6.66. The van der Waals surface area contributed by atoms with Gasteiger partial charge in [-0.2, -0.15) is 0 Å². The van der Waals surface area contributed by atoms with E-state index in [-0.39, 0.29) is 21.4 Å². The highest BCUT2D eigenvalue weighted by molar-refractivity contribution is 7.89. The number of hydrogen-bond acceptors (Lipinski definition) is 3. The second kappa shape index (κ2) is 8.32. The number of amides is 1. The summed E-state index contributed by atoms with van der Waals surface area (Å²) < 4.78 is 25.5. The molecular weight excluding hydrogens is 348 g/mol. The summed E-state index contributed by atoms with van der Waals surface area (Å²) in [4.78, 5) is 12.4. The van der Waals surface area contributed by atoms with E-state index in [0.717, 1.165) is 23.1 Å². The maximum absolute atomic E-state index is 12.3. The van der Waals surface area contributed by atoms with Crippen LogP contribution in [0.2, 0.25) is 5.02 Å². The molecule has 1 saturated carbocycles. The summed E-state index contributed by atoms with van der Waals surface area (Å²) >= 11 is 6.07. The molecule has 5 nitrogen and oxygen atoms in total. The monoisotopic (exact) mass is 372 g/mol. The average Bonchev–Trinajstić information content (AvgIpc) is 3.04. The van der Waals surface area contributed by atoms with Crippen LogP contribution < -0.4 is 5.32 Å². The van der Waals surface area contributed by atoms with Crippen LogP contribution in [0.4, 0.5) is 0 Å². The van der Waals surface area contributed by atoms with Crippen molar-refractivity contribution in [1.29, 1.82) is 0 Å². The zero-order chi connectivity index (χ0) is 17.7. The molecule has 0 bridgehead atoms. The average molecular weight is 373 g/mol. The van der Waals surface area contributed by atoms with Crippen molar-refractivity contribution in [2.75, 3.05) is 20.6 Å². The van der Waals surface area contributed by atoms with E-state index in [2.05, 4.69) is 5.32 Å². The Hall–Kier alpha value is -1.11. The summed E-state index contributed by atoms with van der Waals surface area (Å²) in [6.45, 7) is 0.580. The van der Waals surface area contributed by atoms with Gasteiger partial charge in [-0.25, -0.2) is 12.7 Å². The first-order chi connectivity index (χ1) is 11.3. The van der Waals surface area contributed by atoms with Gasteiger partial charge in [-0.05, 0) is 37.0 Å². The summed E-state index contributed by atoms with van der Waals surface area (Å²) in [5.41, 5.74) is 0.195. The molecule has 7 heteroatoms. The molecule has 1 N–H and O–H groups in total. The fraction of sp³-hybridized carbons (Fsp3) is 0.588. The van der Waals surface area contributed by atoms with Crippen molar-refractivity contribution in [3.63, 3.8) is 0 Å². The van der Waals surface area contributed by atoms with Crippen molar-refractivity contribution < 1.29 is 13.2 Å². The summed E-state index contributed by atoms with van der Waals surface area (Å²) in [5.74, 6) is 0.460. The Balaban J connectivity index is 1.98. The quantitative estimate of drug-likeness (QED) is 0.747. The van der Waals surface area contributed by atoms with Crippen molar-refractivity contribution in [3.8, 4) is 0 Å². The normalized spacial score (nSPS) is 15.8. The number of carbonyl (C=O) groups excluding carboxylic acids is 1. The highest BCUT2D eigenvalue weighted by Gasteiger charge is 2.21. The van der Waals surface area contributed by atoms with Gasteiger partial charge in [0.2, 0.25) is 10.0 Å². The number of benzene rings is 1. The Morgan fingerprint density at radius 1 is 1.29 bits per heavy atom. The van der Waals surface area contributed by atoms with Gasteiger partial charge in [0.25, 0.3) is 5.91 Å². The first-order valence-electron chi connectivity index (χ1n) is 8.32. The minimum Gasteiger partial charge on any atom is -0.352 e. The molecule has 1 aromatic carbocycles. The number of hydrogen-bond donors (Lipinski definition) is 1. The van der Waals surface area contributed by atoms with Crippen LogP contribution in [0.5, 0.6) is 0 Å². The molecule has 1 aliphatic rings. The number of sulfonamides is 1. The highest BCUT2D eigenvalue weighted by Crippen LogP contribution is 2.28. The zero-order valence-electron chi connectivity index (χ0n) is 14.2. The topological polar surface area (TPSA) is 66.5 Å². The molecule has 0 heterocycles. The van der Waals surface area contributed by atoms with Crippen molar-refractivity contribution in [1.82, 2.24) is 9.62 Å². The molecule has 0 radical (unpaired) electrons. The molecular formula is C17H25ClN2O3S. The third kappa shape index (κ3) is 4.71. The molecule has 134 valence electrons. The molecule has 0 aliphatic heterocycles. The van der Waals surface area contributed by atoms with Crippen molar-refractivity contribution in [2.45, 2.75) is 43.4 Å². The lowest BCUT2D eigenvalue weighted by Crippen LogP contribution is -2.26. The maximum atomic E-state index is 12.3. The second-order valence-corrected chi connectivity index (χ2v) is 9.04. The molecule has 1 amide bonds. The number of halogens is 1. The summed E-state index contributed by atoms with van der Waals surface area (Å²) in [6.07, 6.45) is 7.29. The number of carbonyl (C=O) groups is 1. The Morgan fingerprint density at radius 2 is 1.96 bits per heavy atom. The van der Waals surface area contributed by atoms with Gasteiger partial charge in [0.15, 0.2) is 0 Å². The zero-order valence-corrected chi connectivity index (χ0v) is 15.8. The molecule has 0 unspecified atom stereocenters. The van der Waals surface area contributed by atoms with E-state index in [9.17, 15) is 13.2 Å². The van der Waals surface area contributed by atoms with E-state index in [0.29, 0.717) is 6.54 Å². The van der Waals surface area contributed by atoms with Crippen LogP contribution in [0, 0.1) is 5.92 Å². The molecule has 0 spiro atoms. The molecule has 0 aromatic heterocycles. The minimum atomic E-state index is -3.59. The standard InChI is InChI=1S/C17H25ClN2O3S/c1-20(2)24(22,23)14-9-10-16(18)15(12-14)17(21)19-11-5-8-13-6-3-4-7-13/h9-10,12-13H,3-8,11H2,1-2H3,(H,19,21). The van der Waals surface area contributed by atoms with E-state index in [1.54, 1.807) is 0 Å². The lowest BCUT2D eigenvalue weighted by atomic mass is 10.0. The Morgan fingerprint density at radius 3 is 2.58 bits per heavy atom. The van der Waals surface area contributed by atoms with Gasteiger partial charge in [-0.15, -0.1) is 0 Å². The number of nitrogens with one attached hydrogen (secondary N) is 1. The van der Waals surface area contributed by atoms with Crippen molar-refractivity contribution in [2.24, 2.45) is 5.92 Å². The maximum Gasteiger partial charge on any atom is 0.252 e. The summed E-state index contributed by atoms with van der Waals surface area (Å²) in [7, 11) is -0.689. The molecule has 24 heavy (non-hydrogen) atoms. The third-order valence-electron chi connectivity index (χ3n) is 4.51. The lowest BCUT2D eigenvalue weighted by Gasteiger charge is -2.13. The molecule has 1 fully saturated rings. The van der Waals surface area contributed by atoms with E-state index < -0.39 is 10.0 Å². The van der Waals surface area contributed by atoms with Crippen molar-refractivity contribution in [3.05, 3.63) is 28.8 Å². The predicted molar refractivity (Wildman–Crippen MR) is 95.9 cm³/mol. The van der Waals surface area contributed by atoms with Crippen LogP contribution in [0.1, 0.15) is 48.9 Å². The van der Waals surface area contributed by atoms with Gasteiger partial charge in [0.05, 0.1) is 15.5 Å². The minimum absolute atomic E-state index is 0.0630. The van der Waals surface area contributed by atoms with E-state index in [4.69, 9.17) is 11.6 Å². The fourth-order valence-corrected chi connectivity index (χ4v) is 4.17. The largest absolute Gasteiger partial charge is 0.352 e. The van der Waals surface area contributed by atoms with Gasteiger partial charge in [0.1, 0.15) is 0 Å². The van der Waals surface area contributed by atoms with E-state index >= 15 is 0 Å². The highest BCUT2D eigenvalue weighted by atomic mass is 35.5. The number of rotatable bonds is 7. The SMILES string of the molecule is CN(C)S(=O)(=O)c1ccc(Cl)c(C(=O)NCCCC2CCCC2)c1. The van der Waals surface area contributed by atoms with Crippen molar-refractivity contribution >= 4 is 27.5 Å². The molecule has 2 rings (SSSR count). The van der Waals surface area contributed by atoms with E-state index in [1.807, 2.05) is 0 Å². The van der Waals surface area contributed by atoms with Gasteiger partial charge in [0, 0.05) is 20.6 Å². The van der Waals surface area contributed by atoms with Crippen LogP contribution in [0.3, 0.4) is 0 Å². The third-order valence-corrected chi connectivity index (χ3v) is 6.65. The lowest BCUT2D eigenvalue weighted by molar-refractivity contribution is 0.0952. The Labute approximate surface area is 149 Å². The first-order valence-corrected chi connectivity index (χ1v) is 10.1. The Bertz CT molecular complexity index is 683. The molecule has 0 saturated heterocycles. The second-order valence-electron chi connectivity index (χ2n) is 6.48. The van der Waals surface area contributed by atoms with Gasteiger partial charge < -0.3 is 5.32 Å². The molecule has 1 aromatic rings. The van der Waals surface area contributed by atoms with Crippen LogP contribution in [-0.2, 0) is 10.0 Å². The summed E-state index contributed by atoms with van der Waals surface area (Å²) in [6, 6.07) is 4.20. The van der Waals surface area contributed by atoms with Crippen LogP contribution in [0.15, 0.2) is 23.1 Å². The van der Waals surface area contributed by atoms with Gasteiger partial charge in [-0.3, -0.25) is 4.79 Å². The first kappa shape index (κ1) is 19.2. The van der Waals surface area contributed by atoms with Crippen LogP contribution >= 0.6 is 11.6 Å². The molecule has 1 aliphatic carbocycles. The predicted octanol–water partition coefficient (Wildman–Crippen LogP) is 3.29. The van der Waals surface area contributed by atoms with E-state index in [1.165, 1.54) is 58.0 Å². The van der Waals surface area contributed by atoms with Gasteiger partial charge >= 0.3 is 0 Å². The van der Waals surface area contributed by atoms with Crippen LogP contribution in [0.25, 0.3) is 0 Å². The smallest absolute Gasteiger partial charge is 0.252 e. The fourth-order valence-electron chi connectivity index (χ4n) is 3.04. The van der Waals surface area contributed by atoms with Crippen LogP contribution in [-0.4, -0.2) is 39.3 Å². The molecule has 0 atom stereocenters.